The van der Waals surface area contributed by atoms with Gasteiger partial charge in [0.05, 0.1) is 0 Å². The van der Waals surface area contributed by atoms with E-state index in [1.807, 2.05) is 0 Å². The maximum Gasteiger partial charge on any atom is 0.407 e. The number of piperidine rings is 1. The Kier molecular flexibility index (Phi) is 5.01. The van der Waals surface area contributed by atoms with E-state index in [0.717, 1.165) is 37.1 Å². The number of nitrogens with zero attached hydrogens (tertiary/aromatic N) is 2. The van der Waals surface area contributed by atoms with E-state index in [4.69, 9.17) is 0 Å². The first-order valence-electron chi connectivity index (χ1n) is 12.7. The molecule has 1 aromatic rings. The van der Waals surface area contributed by atoms with Gasteiger partial charge in [0.25, 0.3) is 0 Å². The lowest BCUT2D eigenvalue weighted by Crippen LogP contribution is -2.57. The molecule has 1 saturated heterocycles. The molecule has 4 saturated carbocycles. The lowest BCUT2D eigenvalue weighted by molar-refractivity contribution is -0.118. The Balaban J connectivity index is 1.50. The molecule has 1 amide bonds. The minimum absolute atomic E-state index is 0.105. The molecule has 1 heterocycles. The van der Waals surface area contributed by atoms with Crippen molar-refractivity contribution < 1.29 is 9.90 Å². The van der Waals surface area contributed by atoms with E-state index >= 15 is 0 Å². The maximum atomic E-state index is 11.8. The number of likely N-dealkylation sites (tertiary alicyclic amines) is 1. The van der Waals surface area contributed by atoms with Gasteiger partial charge in [-0.3, -0.25) is 0 Å². The van der Waals surface area contributed by atoms with Crippen molar-refractivity contribution in [3.63, 3.8) is 0 Å². The Hall–Kier alpha value is -1.07. The van der Waals surface area contributed by atoms with Gasteiger partial charge < -0.3 is 14.9 Å². The van der Waals surface area contributed by atoms with E-state index in [-0.39, 0.29) is 5.41 Å². The third kappa shape index (κ3) is 3.06. The van der Waals surface area contributed by atoms with Crippen LogP contribution in [0.5, 0.6) is 0 Å². The highest BCUT2D eigenvalue weighted by Crippen LogP contribution is 2.72. The van der Waals surface area contributed by atoms with Gasteiger partial charge >= 0.3 is 6.09 Å². The van der Waals surface area contributed by atoms with E-state index in [1.165, 1.54) is 48.6 Å². The number of likely N-dealkylation sites (N-methyl/N-ethyl adjacent to an activating group) is 1. The number of halogens is 1. The average molecular weight is 502 g/mol. The van der Waals surface area contributed by atoms with Crippen LogP contribution in [-0.4, -0.2) is 54.7 Å². The monoisotopic (exact) mass is 500 g/mol. The molecule has 1 spiro atoms. The fraction of sp³-hybridized carbons (Fsp3) is 0.741. The van der Waals surface area contributed by atoms with Gasteiger partial charge in [-0.15, -0.1) is 0 Å². The van der Waals surface area contributed by atoms with Crippen LogP contribution in [0.15, 0.2) is 22.7 Å². The number of carbonyl (C=O) groups is 1. The molecule has 7 rings (SSSR count). The topological polar surface area (TPSA) is 43.8 Å². The number of hydrogen-bond acceptors (Lipinski definition) is 2. The zero-order valence-corrected chi connectivity index (χ0v) is 21.1. The number of benzene rings is 1. The molecular formula is C27H37BrN2O2. The van der Waals surface area contributed by atoms with Crippen molar-refractivity contribution in [1.29, 1.82) is 0 Å². The van der Waals surface area contributed by atoms with Crippen LogP contribution in [0, 0.1) is 29.1 Å². The van der Waals surface area contributed by atoms with Crippen LogP contribution in [-0.2, 0) is 5.41 Å². The first kappa shape index (κ1) is 21.5. The van der Waals surface area contributed by atoms with E-state index in [0.29, 0.717) is 30.3 Å². The van der Waals surface area contributed by atoms with Crippen LogP contribution < -0.4 is 0 Å². The first-order valence-corrected chi connectivity index (χ1v) is 13.5. The highest BCUT2D eigenvalue weighted by atomic mass is 79.9. The van der Waals surface area contributed by atoms with E-state index in [2.05, 4.69) is 53.1 Å². The quantitative estimate of drug-likeness (QED) is 0.557. The van der Waals surface area contributed by atoms with Gasteiger partial charge in [-0.05, 0) is 112 Å². The van der Waals surface area contributed by atoms with Crippen molar-refractivity contribution >= 4 is 22.0 Å². The summed E-state index contributed by atoms with van der Waals surface area (Å²) in [6.45, 7) is 2.45. The third-order valence-electron chi connectivity index (χ3n) is 10.2. The summed E-state index contributed by atoms with van der Waals surface area (Å²) in [5.74, 6) is 3.99. The second-order valence-corrected chi connectivity index (χ2v) is 13.1. The molecular weight excluding hydrogens is 464 g/mol. The normalized spacial score (nSPS) is 39.1. The minimum atomic E-state index is -0.749. The van der Waals surface area contributed by atoms with Gasteiger partial charge in [0.2, 0.25) is 0 Å². The minimum Gasteiger partial charge on any atom is -0.465 e. The van der Waals surface area contributed by atoms with Gasteiger partial charge in [-0.25, -0.2) is 4.79 Å². The number of hydrogen-bond donors (Lipinski definition) is 1. The molecule has 5 fully saturated rings. The smallest absolute Gasteiger partial charge is 0.407 e. The zero-order chi connectivity index (χ0) is 22.3. The molecule has 2 unspecified atom stereocenters. The summed E-state index contributed by atoms with van der Waals surface area (Å²) in [4.78, 5) is 15.9. The Morgan fingerprint density at radius 3 is 2.22 bits per heavy atom. The maximum absolute atomic E-state index is 11.8. The Morgan fingerprint density at radius 1 is 1.09 bits per heavy atom. The van der Waals surface area contributed by atoms with Gasteiger partial charge in [0.15, 0.2) is 0 Å². The largest absolute Gasteiger partial charge is 0.465 e. The molecule has 1 N–H and O–H groups in total. The van der Waals surface area contributed by atoms with Crippen LogP contribution in [0.1, 0.15) is 68.4 Å². The molecule has 4 nitrogen and oxygen atoms in total. The summed E-state index contributed by atoms with van der Waals surface area (Å²) in [6.07, 6.45) is 9.89. The highest BCUT2D eigenvalue weighted by molar-refractivity contribution is 9.10. The second-order valence-electron chi connectivity index (χ2n) is 12.3. The fourth-order valence-corrected chi connectivity index (χ4v) is 10.7. The van der Waals surface area contributed by atoms with Crippen LogP contribution >= 0.6 is 15.9 Å². The molecule has 5 heteroatoms. The standard InChI is InChI=1S/C27H37BrN2O2/c1-29(2)16-21-20-4-3-5-22(28)23(20)27(6-8-30(9-7-27)25(31)32)24(21)26-13-17-10-18(14-26)12-19(11-17)15-26/h3-5,17-19,21,24H,6-16H2,1-2H3,(H,31,32). The molecule has 174 valence electrons. The molecule has 1 aromatic carbocycles. The summed E-state index contributed by atoms with van der Waals surface area (Å²) in [7, 11) is 4.46. The summed E-state index contributed by atoms with van der Waals surface area (Å²) in [5.41, 5.74) is 3.64. The van der Waals surface area contributed by atoms with Crippen molar-refractivity contribution in [2.45, 2.75) is 62.7 Å². The first-order chi connectivity index (χ1) is 15.3. The molecule has 6 aliphatic rings. The lowest BCUT2D eigenvalue weighted by atomic mass is 9.42. The van der Waals surface area contributed by atoms with Gasteiger partial charge in [-0.1, -0.05) is 28.1 Å². The molecule has 5 aliphatic carbocycles. The molecule has 1 aliphatic heterocycles. The SMILES string of the molecule is CN(C)CC1c2cccc(Br)c2C2(CCN(C(=O)O)CC2)C1C12CC3CC(CC(C3)C1)C2. The summed E-state index contributed by atoms with van der Waals surface area (Å²) in [6, 6.07) is 6.87. The second kappa shape index (κ2) is 7.46. The molecule has 2 atom stereocenters. The predicted octanol–water partition coefficient (Wildman–Crippen LogP) is 5.95. The molecule has 4 bridgehead atoms. The van der Waals surface area contributed by atoms with Crippen molar-refractivity contribution in [3.8, 4) is 0 Å². The van der Waals surface area contributed by atoms with Gasteiger partial charge in [0, 0.05) is 35.4 Å². The fourth-order valence-electron chi connectivity index (χ4n) is 9.92. The van der Waals surface area contributed by atoms with Crippen LogP contribution in [0.25, 0.3) is 0 Å². The Bertz CT molecular complexity index is 885. The van der Waals surface area contributed by atoms with E-state index in [1.54, 1.807) is 10.5 Å². The van der Waals surface area contributed by atoms with E-state index in [9.17, 15) is 9.90 Å². The number of rotatable bonds is 3. The van der Waals surface area contributed by atoms with E-state index < -0.39 is 6.09 Å². The molecule has 0 radical (unpaired) electrons. The highest BCUT2D eigenvalue weighted by Gasteiger charge is 2.65. The number of carboxylic acid groups (broad SMARTS) is 1. The average Bonchev–Trinajstić information content (AvgIpc) is 2.97. The molecule has 0 aromatic heterocycles. The van der Waals surface area contributed by atoms with Crippen molar-refractivity contribution in [2.75, 3.05) is 33.7 Å². The van der Waals surface area contributed by atoms with Crippen LogP contribution in [0.3, 0.4) is 0 Å². The van der Waals surface area contributed by atoms with Crippen molar-refractivity contribution in [2.24, 2.45) is 29.1 Å². The summed E-state index contributed by atoms with van der Waals surface area (Å²) < 4.78 is 1.26. The Morgan fingerprint density at radius 2 is 1.69 bits per heavy atom. The molecule has 32 heavy (non-hydrogen) atoms. The zero-order valence-electron chi connectivity index (χ0n) is 19.5. The Labute approximate surface area is 200 Å². The summed E-state index contributed by atoms with van der Waals surface area (Å²) in [5, 5.41) is 9.70. The lowest BCUT2D eigenvalue weighted by Gasteiger charge is -2.63. The van der Waals surface area contributed by atoms with Crippen molar-refractivity contribution in [1.82, 2.24) is 9.80 Å². The predicted molar refractivity (Wildman–Crippen MR) is 130 cm³/mol. The van der Waals surface area contributed by atoms with Gasteiger partial charge in [-0.2, -0.15) is 0 Å². The van der Waals surface area contributed by atoms with Crippen LogP contribution in [0.4, 0.5) is 4.79 Å². The van der Waals surface area contributed by atoms with Crippen molar-refractivity contribution in [3.05, 3.63) is 33.8 Å². The third-order valence-corrected chi connectivity index (χ3v) is 10.8. The van der Waals surface area contributed by atoms with Gasteiger partial charge in [0.1, 0.15) is 0 Å². The summed E-state index contributed by atoms with van der Waals surface area (Å²) >= 11 is 3.99. The number of amides is 1. The number of fused-ring (bicyclic) bond motifs is 2. The van der Waals surface area contributed by atoms with Crippen LogP contribution in [0.2, 0.25) is 0 Å².